The molecular formula is C8H17FN2. The summed E-state index contributed by atoms with van der Waals surface area (Å²) in [5, 5.41) is 3.29. The van der Waals surface area contributed by atoms with Gasteiger partial charge in [-0.3, -0.25) is 4.39 Å². The summed E-state index contributed by atoms with van der Waals surface area (Å²) in [6, 6.07) is 0.370. The van der Waals surface area contributed by atoms with E-state index in [1.165, 1.54) is 0 Å². The van der Waals surface area contributed by atoms with Gasteiger partial charge in [0.15, 0.2) is 0 Å². The Morgan fingerprint density at radius 1 is 1.55 bits per heavy atom. The number of halogens is 1. The molecule has 1 saturated heterocycles. The number of nitrogens with one attached hydrogen (secondary N) is 1. The Kier molecular flexibility index (Phi) is 3.27. The maximum atomic E-state index is 12.4. The third-order valence-electron chi connectivity index (χ3n) is 2.29. The summed E-state index contributed by atoms with van der Waals surface area (Å²) < 4.78 is 12.4. The first-order valence-corrected chi connectivity index (χ1v) is 4.25. The third kappa shape index (κ3) is 2.14. The molecule has 0 saturated carbocycles. The van der Waals surface area contributed by atoms with Crippen LogP contribution >= 0.6 is 0 Å². The molecule has 0 spiro atoms. The SMILES string of the molecule is CCNC1CN(C)CC1CF. The molecule has 2 nitrogen and oxygen atoms in total. The van der Waals surface area contributed by atoms with E-state index >= 15 is 0 Å². The highest BCUT2D eigenvalue weighted by atomic mass is 19.1. The predicted octanol–water partition coefficient (Wildman–Crippen LogP) is 0.496. The number of rotatable bonds is 3. The summed E-state index contributed by atoms with van der Waals surface area (Å²) in [5.41, 5.74) is 0. The zero-order valence-corrected chi connectivity index (χ0v) is 7.31. The largest absolute Gasteiger partial charge is 0.313 e. The number of hydrogen-bond acceptors (Lipinski definition) is 2. The van der Waals surface area contributed by atoms with E-state index in [2.05, 4.69) is 17.1 Å². The molecule has 66 valence electrons. The first-order valence-electron chi connectivity index (χ1n) is 4.25. The molecule has 1 aliphatic heterocycles. The van der Waals surface area contributed by atoms with E-state index in [9.17, 15) is 4.39 Å². The van der Waals surface area contributed by atoms with Crippen molar-refractivity contribution in [1.29, 1.82) is 0 Å². The number of likely N-dealkylation sites (N-methyl/N-ethyl adjacent to an activating group) is 2. The zero-order valence-electron chi connectivity index (χ0n) is 7.31. The van der Waals surface area contributed by atoms with Crippen LogP contribution in [-0.2, 0) is 0 Å². The fourth-order valence-corrected chi connectivity index (χ4v) is 1.74. The molecule has 1 N–H and O–H groups in total. The molecular weight excluding hydrogens is 143 g/mol. The third-order valence-corrected chi connectivity index (χ3v) is 2.29. The van der Waals surface area contributed by atoms with Crippen LogP contribution in [0.15, 0.2) is 0 Å². The summed E-state index contributed by atoms with van der Waals surface area (Å²) >= 11 is 0. The maximum absolute atomic E-state index is 12.4. The highest BCUT2D eigenvalue weighted by molar-refractivity contribution is 4.86. The van der Waals surface area contributed by atoms with E-state index in [0.717, 1.165) is 19.6 Å². The monoisotopic (exact) mass is 160 g/mol. The zero-order chi connectivity index (χ0) is 8.27. The van der Waals surface area contributed by atoms with Gasteiger partial charge in [0.05, 0.1) is 6.67 Å². The van der Waals surface area contributed by atoms with Gasteiger partial charge in [-0.1, -0.05) is 6.92 Å². The molecule has 0 aromatic heterocycles. The average molecular weight is 160 g/mol. The van der Waals surface area contributed by atoms with Crippen LogP contribution in [0.3, 0.4) is 0 Å². The van der Waals surface area contributed by atoms with E-state index < -0.39 is 0 Å². The second-order valence-corrected chi connectivity index (χ2v) is 3.30. The normalized spacial score (nSPS) is 33.0. The molecule has 1 heterocycles. The Morgan fingerprint density at radius 3 is 2.82 bits per heavy atom. The maximum Gasteiger partial charge on any atom is 0.0950 e. The fourth-order valence-electron chi connectivity index (χ4n) is 1.74. The van der Waals surface area contributed by atoms with Gasteiger partial charge in [-0.2, -0.15) is 0 Å². The van der Waals surface area contributed by atoms with Crippen LogP contribution in [0, 0.1) is 5.92 Å². The van der Waals surface area contributed by atoms with Gasteiger partial charge in [-0.05, 0) is 13.6 Å². The minimum Gasteiger partial charge on any atom is -0.313 e. The molecule has 1 rings (SSSR count). The predicted molar refractivity (Wildman–Crippen MR) is 44.4 cm³/mol. The number of alkyl halides is 1. The Balaban J connectivity index is 2.37. The minimum absolute atomic E-state index is 0.192. The Hall–Kier alpha value is -0.150. The van der Waals surface area contributed by atoms with Crippen LogP contribution < -0.4 is 5.32 Å². The Bertz CT molecular complexity index is 119. The summed E-state index contributed by atoms with van der Waals surface area (Å²) in [4.78, 5) is 2.18. The lowest BCUT2D eigenvalue weighted by molar-refractivity contribution is 0.321. The van der Waals surface area contributed by atoms with E-state index in [-0.39, 0.29) is 12.6 Å². The minimum atomic E-state index is -0.192. The van der Waals surface area contributed by atoms with Crippen molar-refractivity contribution in [2.45, 2.75) is 13.0 Å². The summed E-state index contributed by atoms with van der Waals surface area (Å²) in [6.45, 7) is 4.70. The van der Waals surface area contributed by atoms with Crippen LogP contribution in [0.1, 0.15) is 6.92 Å². The lowest BCUT2D eigenvalue weighted by Gasteiger charge is -2.15. The van der Waals surface area contributed by atoms with Crippen LogP contribution in [0.5, 0.6) is 0 Å². The van der Waals surface area contributed by atoms with Gasteiger partial charge < -0.3 is 10.2 Å². The summed E-state index contributed by atoms with van der Waals surface area (Å²) in [7, 11) is 2.04. The molecule has 0 aliphatic carbocycles. The number of hydrogen-bond donors (Lipinski definition) is 1. The topological polar surface area (TPSA) is 15.3 Å². The van der Waals surface area contributed by atoms with Crippen molar-refractivity contribution < 1.29 is 4.39 Å². The van der Waals surface area contributed by atoms with Crippen molar-refractivity contribution in [2.24, 2.45) is 5.92 Å². The fraction of sp³-hybridized carbons (Fsp3) is 1.00. The van der Waals surface area contributed by atoms with E-state index in [4.69, 9.17) is 0 Å². The van der Waals surface area contributed by atoms with Crippen molar-refractivity contribution in [3.8, 4) is 0 Å². The van der Waals surface area contributed by atoms with Gasteiger partial charge in [0.25, 0.3) is 0 Å². The van der Waals surface area contributed by atoms with Crippen LogP contribution in [0.4, 0.5) is 4.39 Å². The van der Waals surface area contributed by atoms with Gasteiger partial charge in [-0.15, -0.1) is 0 Å². The summed E-state index contributed by atoms with van der Waals surface area (Å²) in [5.74, 6) is 0.208. The van der Waals surface area contributed by atoms with Gasteiger partial charge in [0, 0.05) is 25.0 Å². The quantitative estimate of drug-likeness (QED) is 0.646. The summed E-state index contributed by atoms with van der Waals surface area (Å²) in [6.07, 6.45) is 0. The molecule has 0 aromatic rings. The molecule has 1 aliphatic rings. The smallest absolute Gasteiger partial charge is 0.0950 e. The van der Waals surface area contributed by atoms with Gasteiger partial charge in [0.1, 0.15) is 0 Å². The Morgan fingerprint density at radius 2 is 2.27 bits per heavy atom. The average Bonchev–Trinajstić information content (AvgIpc) is 2.32. The first kappa shape index (κ1) is 8.94. The van der Waals surface area contributed by atoms with Crippen molar-refractivity contribution in [2.75, 3.05) is 33.4 Å². The molecule has 0 bridgehead atoms. The lowest BCUT2D eigenvalue weighted by Crippen LogP contribution is -2.36. The van der Waals surface area contributed by atoms with Crippen molar-refractivity contribution in [1.82, 2.24) is 10.2 Å². The van der Waals surface area contributed by atoms with E-state index in [1.807, 2.05) is 7.05 Å². The standard InChI is InChI=1S/C8H17FN2/c1-3-10-8-6-11(2)5-7(8)4-9/h7-8,10H,3-6H2,1-2H3. The van der Waals surface area contributed by atoms with Crippen molar-refractivity contribution in [3.05, 3.63) is 0 Å². The lowest BCUT2D eigenvalue weighted by atomic mass is 10.1. The molecule has 0 aromatic carbocycles. The second-order valence-electron chi connectivity index (χ2n) is 3.30. The van der Waals surface area contributed by atoms with Gasteiger partial charge in [0.2, 0.25) is 0 Å². The van der Waals surface area contributed by atoms with Crippen LogP contribution in [-0.4, -0.2) is 44.3 Å². The first-order chi connectivity index (χ1) is 5.27. The van der Waals surface area contributed by atoms with Crippen LogP contribution in [0.2, 0.25) is 0 Å². The van der Waals surface area contributed by atoms with Gasteiger partial charge >= 0.3 is 0 Å². The molecule has 2 unspecified atom stereocenters. The molecule has 2 atom stereocenters. The highest BCUT2D eigenvalue weighted by Crippen LogP contribution is 2.15. The molecule has 0 radical (unpaired) electrons. The van der Waals surface area contributed by atoms with E-state index in [0.29, 0.717) is 6.04 Å². The highest BCUT2D eigenvalue weighted by Gasteiger charge is 2.29. The molecule has 0 amide bonds. The van der Waals surface area contributed by atoms with Gasteiger partial charge in [-0.25, -0.2) is 0 Å². The molecule has 11 heavy (non-hydrogen) atoms. The van der Waals surface area contributed by atoms with Crippen molar-refractivity contribution in [3.63, 3.8) is 0 Å². The molecule has 3 heteroatoms. The van der Waals surface area contributed by atoms with Crippen LogP contribution in [0.25, 0.3) is 0 Å². The van der Waals surface area contributed by atoms with E-state index in [1.54, 1.807) is 0 Å². The van der Waals surface area contributed by atoms with Crippen molar-refractivity contribution >= 4 is 0 Å². The Labute approximate surface area is 67.8 Å². The number of likely N-dealkylation sites (tertiary alicyclic amines) is 1. The second kappa shape index (κ2) is 4.02. The number of nitrogens with zero attached hydrogens (tertiary/aromatic N) is 1. The molecule has 1 fully saturated rings.